The average molecular weight is 416 g/mol. The molecule has 1 aromatic rings. The van der Waals surface area contributed by atoms with Crippen LogP contribution in [0.4, 0.5) is 11.4 Å². The molecule has 0 bridgehead atoms. The Balaban J connectivity index is 1.78. The fraction of sp³-hybridized carbons (Fsp3) is 0.680. The van der Waals surface area contributed by atoms with Crippen molar-refractivity contribution >= 4 is 23.2 Å². The minimum Gasteiger partial charge on any atom is -0.368 e. The van der Waals surface area contributed by atoms with E-state index in [1.165, 1.54) is 0 Å². The van der Waals surface area contributed by atoms with Gasteiger partial charge in [0.05, 0.1) is 0 Å². The molecular formula is C25H41N3O2. The second-order valence-electron chi connectivity index (χ2n) is 9.99. The van der Waals surface area contributed by atoms with Gasteiger partial charge in [0.1, 0.15) is 0 Å². The number of hydrogen-bond donors (Lipinski definition) is 1. The number of nitrogens with one attached hydrogen (secondary N) is 1. The van der Waals surface area contributed by atoms with Crippen molar-refractivity contribution in [3.63, 3.8) is 0 Å². The smallest absolute Gasteiger partial charge is 0.224 e. The van der Waals surface area contributed by atoms with Crippen LogP contribution in [-0.2, 0) is 9.59 Å². The topological polar surface area (TPSA) is 52.7 Å². The highest BCUT2D eigenvalue weighted by Gasteiger charge is 2.21. The summed E-state index contributed by atoms with van der Waals surface area (Å²) in [7, 11) is 0. The molecular weight excluding hydrogens is 374 g/mol. The summed E-state index contributed by atoms with van der Waals surface area (Å²) < 4.78 is 0. The van der Waals surface area contributed by atoms with Crippen LogP contribution in [0.1, 0.15) is 73.1 Å². The van der Waals surface area contributed by atoms with Gasteiger partial charge in [-0.2, -0.15) is 0 Å². The van der Waals surface area contributed by atoms with Crippen LogP contribution in [0.5, 0.6) is 0 Å². The molecule has 5 nitrogen and oxygen atoms in total. The molecule has 1 atom stereocenters. The van der Waals surface area contributed by atoms with Gasteiger partial charge < -0.3 is 15.1 Å². The number of carbonyl (C=O) groups is 2. The van der Waals surface area contributed by atoms with Gasteiger partial charge in [0.2, 0.25) is 11.8 Å². The molecule has 1 aliphatic heterocycles. The third-order valence-electron chi connectivity index (χ3n) is 5.64. The first-order chi connectivity index (χ1) is 14.2. The molecule has 0 spiro atoms. The van der Waals surface area contributed by atoms with Crippen molar-refractivity contribution < 1.29 is 9.59 Å². The van der Waals surface area contributed by atoms with Gasteiger partial charge in [0, 0.05) is 50.4 Å². The Morgan fingerprint density at radius 1 is 1.03 bits per heavy atom. The molecule has 1 saturated heterocycles. The van der Waals surface area contributed by atoms with Gasteiger partial charge in [-0.3, -0.25) is 9.59 Å². The van der Waals surface area contributed by atoms with Gasteiger partial charge in [0.25, 0.3) is 0 Å². The number of amides is 2. The molecule has 0 radical (unpaired) electrons. The summed E-state index contributed by atoms with van der Waals surface area (Å²) in [5.41, 5.74) is 2.23. The van der Waals surface area contributed by atoms with Gasteiger partial charge in [-0.15, -0.1) is 0 Å². The van der Waals surface area contributed by atoms with Crippen LogP contribution < -0.4 is 10.2 Å². The van der Waals surface area contributed by atoms with Crippen LogP contribution in [0.25, 0.3) is 0 Å². The quantitative estimate of drug-likeness (QED) is 0.556. The minimum absolute atomic E-state index is 0.0784. The van der Waals surface area contributed by atoms with Crippen LogP contribution in [0.2, 0.25) is 0 Å². The van der Waals surface area contributed by atoms with Crippen LogP contribution in [0.15, 0.2) is 24.3 Å². The summed E-state index contributed by atoms with van der Waals surface area (Å²) in [6.45, 7) is 14.2. The number of carbonyl (C=O) groups excluding carboxylic acids is 2. The van der Waals surface area contributed by atoms with E-state index in [0.29, 0.717) is 24.7 Å². The second-order valence-corrected chi connectivity index (χ2v) is 9.99. The molecule has 1 aliphatic rings. The van der Waals surface area contributed by atoms with Crippen molar-refractivity contribution in [3.8, 4) is 0 Å². The average Bonchev–Trinajstić information content (AvgIpc) is 2.67. The summed E-state index contributed by atoms with van der Waals surface area (Å²) in [4.78, 5) is 28.9. The summed E-state index contributed by atoms with van der Waals surface area (Å²) >= 11 is 0. The van der Waals surface area contributed by atoms with E-state index in [0.717, 1.165) is 63.2 Å². The number of anilines is 2. The first kappa shape index (κ1) is 24.2. The number of rotatable bonds is 9. The Bertz CT molecular complexity index is 671. The van der Waals surface area contributed by atoms with E-state index in [1.54, 1.807) is 0 Å². The lowest BCUT2D eigenvalue weighted by Crippen LogP contribution is -2.48. The number of unbranched alkanes of at least 4 members (excludes halogenated alkanes) is 2. The van der Waals surface area contributed by atoms with Crippen molar-refractivity contribution in [2.45, 2.75) is 73.1 Å². The maximum Gasteiger partial charge on any atom is 0.224 e. The standard InChI is InChI=1S/C25H41N3O2/c1-6-7-8-9-24(30)28-16-14-27(15-17-28)22-12-10-21(11-13-22)26-23(29)18-20(2)19-25(3,4)5/h10-13,20H,6-9,14-19H2,1-5H3,(H,26,29)/t20-/m1/s1. The fourth-order valence-corrected chi connectivity index (χ4v) is 4.30. The number of benzene rings is 1. The van der Waals surface area contributed by atoms with Crippen molar-refractivity contribution in [1.29, 1.82) is 0 Å². The number of piperazine rings is 1. The number of nitrogens with zero attached hydrogens (tertiary/aromatic N) is 2. The van der Waals surface area contributed by atoms with Gasteiger partial charge in [-0.05, 0) is 48.4 Å². The van der Waals surface area contributed by atoms with E-state index in [9.17, 15) is 9.59 Å². The Morgan fingerprint density at radius 2 is 1.67 bits per heavy atom. The molecule has 1 aromatic carbocycles. The zero-order valence-corrected chi connectivity index (χ0v) is 19.7. The Hall–Kier alpha value is -2.04. The summed E-state index contributed by atoms with van der Waals surface area (Å²) in [5, 5.41) is 3.02. The van der Waals surface area contributed by atoms with Crippen molar-refractivity contribution in [3.05, 3.63) is 24.3 Å². The van der Waals surface area contributed by atoms with Crippen molar-refractivity contribution in [2.24, 2.45) is 11.3 Å². The molecule has 30 heavy (non-hydrogen) atoms. The van der Waals surface area contributed by atoms with Crippen LogP contribution in [-0.4, -0.2) is 42.9 Å². The monoisotopic (exact) mass is 415 g/mol. The molecule has 1 fully saturated rings. The minimum atomic E-state index is 0.0784. The summed E-state index contributed by atoms with van der Waals surface area (Å²) in [6.07, 6.45) is 5.53. The SMILES string of the molecule is CCCCCC(=O)N1CCN(c2ccc(NC(=O)C[C@@H](C)CC(C)(C)C)cc2)CC1. The second kappa shape index (κ2) is 11.4. The third kappa shape index (κ3) is 8.37. The predicted molar refractivity (Wildman–Crippen MR) is 126 cm³/mol. The van der Waals surface area contributed by atoms with Crippen molar-refractivity contribution in [2.75, 3.05) is 36.4 Å². The van der Waals surface area contributed by atoms with Crippen LogP contribution >= 0.6 is 0 Å². The highest BCUT2D eigenvalue weighted by atomic mass is 16.2. The summed E-state index contributed by atoms with van der Waals surface area (Å²) in [5.74, 6) is 0.738. The molecule has 2 amide bonds. The van der Waals surface area contributed by atoms with E-state index >= 15 is 0 Å². The molecule has 0 saturated carbocycles. The highest BCUT2D eigenvalue weighted by molar-refractivity contribution is 5.91. The van der Waals surface area contributed by atoms with E-state index in [-0.39, 0.29) is 11.3 Å². The largest absolute Gasteiger partial charge is 0.368 e. The maximum absolute atomic E-state index is 12.3. The fourth-order valence-electron chi connectivity index (χ4n) is 4.30. The Labute approximate surface area is 183 Å². The van der Waals surface area contributed by atoms with Crippen LogP contribution in [0.3, 0.4) is 0 Å². The number of hydrogen-bond acceptors (Lipinski definition) is 3. The molecule has 0 aromatic heterocycles. The molecule has 0 aliphatic carbocycles. The Kier molecular flexibility index (Phi) is 9.19. The maximum atomic E-state index is 12.3. The van der Waals surface area contributed by atoms with Crippen molar-refractivity contribution in [1.82, 2.24) is 4.90 Å². The normalized spacial score (nSPS) is 15.8. The molecule has 168 valence electrons. The lowest BCUT2D eigenvalue weighted by molar-refractivity contribution is -0.131. The van der Waals surface area contributed by atoms with Gasteiger partial charge in [-0.25, -0.2) is 0 Å². The van der Waals surface area contributed by atoms with Crippen LogP contribution in [0, 0.1) is 11.3 Å². The van der Waals surface area contributed by atoms with E-state index in [4.69, 9.17) is 0 Å². The zero-order valence-electron chi connectivity index (χ0n) is 19.7. The van der Waals surface area contributed by atoms with E-state index in [1.807, 2.05) is 17.0 Å². The van der Waals surface area contributed by atoms with Gasteiger partial charge in [0.15, 0.2) is 0 Å². The lowest BCUT2D eigenvalue weighted by atomic mass is 9.84. The molecule has 1 N–H and O–H groups in total. The van der Waals surface area contributed by atoms with E-state index < -0.39 is 0 Å². The highest BCUT2D eigenvalue weighted by Crippen LogP contribution is 2.26. The zero-order chi connectivity index (χ0) is 22.1. The van der Waals surface area contributed by atoms with Gasteiger partial charge >= 0.3 is 0 Å². The molecule has 1 heterocycles. The molecule has 0 unspecified atom stereocenters. The first-order valence-electron chi connectivity index (χ1n) is 11.6. The first-order valence-corrected chi connectivity index (χ1v) is 11.6. The summed E-state index contributed by atoms with van der Waals surface area (Å²) in [6, 6.07) is 8.08. The molecule has 5 heteroatoms. The van der Waals surface area contributed by atoms with E-state index in [2.05, 4.69) is 57.0 Å². The lowest BCUT2D eigenvalue weighted by Gasteiger charge is -2.36. The predicted octanol–water partition coefficient (Wildman–Crippen LogP) is 5.32. The third-order valence-corrected chi connectivity index (χ3v) is 5.64. The Morgan fingerprint density at radius 3 is 2.23 bits per heavy atom. The van der Waals surface area contributed by atoms with Gasteiger partial charge in [-0.1, -0.05) is 47.5 Å². The molecule has 2 rings (SSSR count).